The SMILES string of the molecule is CCCCCCCN(C)[C@@H]1[C@@H](CC=CCCCC(=O)O)[C@@H](OCc2ccccc2)C[C@H]1O. The average Bonchev–Trinajstić information content (AvgIpc) is 3.10. The summed E-state index contributed by atoms with van der Waals surface area (Å²) in [5.41, 5.74) is 1.15. The Balaban J connectivity index is 1.95. The van der Waals surface area contributed by atoms with Crippen LogP contribution in [0.25, 0.3) is 0 Å². The zero-order chi connectivity index (χ0) is 23.2. The average molecular weight is 446 g/mol. The third-order valence-corrected chi connectivity index (χ3v) is 6.55. The van der Waals surface area contributed by atoms with Crippen LogP contribution in [0, 0.1) is 5.92 Å². The van der Waals surface area contributed by atoms with Crippen LogP contribution >= 0.6 is 0 Å². The van der Waals surface area contributed by atoms with Crippen molar-refractivity contribution in [3.05, 3.63) is 48.0 Å². The number of likely N-dealkylation sites (N-methyl/N-ethyl adjacent to an activating group) is 1. The predicted octanol–water partition coefficient (Wildman–Crippen LogP) is 5.42. The molecule has 0 spiro atoms. The summed E-state index contributed by atoms with van der Waals surface area (Å²) in [7, 11) is 2.14. The molecule has 5 heteroatoms. The Kier molecular flexibility index (Phi) is 12.6. The van der Waals surface area contributed by atoms with Gasteiger partial charge in [0.05, 0.1) is 18.8 Å². The topological polar surface area (TPSA) is 70.0 Å². The maximum Gasteiger partial charge on any atom is 0.303 e. The molecule has 0 bridgehead atoms. The van der Waals surface area contributed by atoms with Crippen LogP contribution < -0.4 is 0 Å². The second-order valence-corrected chi connectivity index (χ2v) is 9.18. The lowest BCUT2D eigenvalue weighted by molar-refractivity contribution is -0.137. The number of carboxylic acid groups (broad SMARTS) is 1. The maximum atomic E-state index is 10.9. The van der Waals surface area contributed by atoms with Crippen molar-refractivity contribution in [2.24, 2.45) is 5.92 Å². The lowest BCUT2D eigenvalue weighted by Crippen LogP contribution is -2.43. The molecule has 2 rings (SSSR count). The van der Waals surface area contributed by atoms with Crippen molar-refractivity contribution in [1.82, 2.24) is 4.90 Å². The lowest BCUT2D eigenvalue weighted by Gasteiger charge is -2.33. The molecule has 1 fully saturated rings. The van der Waals surface area contributed by atoms with E-state index in [9.17, 15) is 9.90 Å². The van der Waals surface area contributed by atoms with Crippen molar-refractivity contribution >= 4 is 5.97 Å². The van der Waals surface area contributed by atoms with Crippen molar-refractivity contribution < 1.29 is 19.7 Å². The first-order chi connectivity index (χ1) is 15.5. The zero-order valence-electron chi connectivity index (χ0n) is 20.0. The van der Waals surface area contributed by atoms with E-state index in [0.29, 0.717) is 19.4 Å². The van der Waals surface area contributed by atoms with Crippen LogP contribution in [0.5, 0.6) is 0 Å². The zero-order valence-corrected chi connectivity index (χ0v) is 20.0. The fraction of sp³-hybridized carbons (Fsp3) is 0.667. The number of nitrogens with zero attached hydrogens (tertiary/aromatic N) is 1. The standard InChI is InChI=1S/C27H43NO4/c1-3-4-5-8-14-19-28(2)27-23(17-12-6-7-13-18-26(30)31)25(20-24(27)29)32-21-22-15-10-9-11-16-22/h6,9-12,15-16,23-25,27,29H,3-5,7-8,13-14,17-21H2,1-2H3,(H,30,31)/t23-,24+,25-,27+/m0/s1. The van der Waals surface area contributed by atoms with Gasteiger partial charge in [0.2, 0.25) is 0 Å². The molecular weight excluding hydrogens is 402 g/mol. The number of benzene rings is 1. The largest absolute Gasteiger partial charge is 0.481 e. The van der Waals surface area contributed by atoms with E-state index >= 15 is 0 Å². The van der Waals surface area contributed by atoms with E-state index in [-0.39, 0.29) is 30.6 Å². The number of aliphatic hydroxyl groups excluding tert-OH is 1. The highest BCUT2D eigenvalue weighted by Gasteiger charge is 2.44. The number of aliphatic hydroxyl groups is 1. The first kappa shape index (κ1) is 26.6. The van der Waals surface area contributed by atoms with E-state index in [1.807, 2.05) is 18.2 Å². The highest BCUT2D eigenvalue weighted by Crippen LogP contribution is 2.36. The van der Waals surface area contributed by atoms with Crippen LogP contribution in [0.3, 0.4) is 0 Å². The molecule has 0 saturated heterocycles. The van der Waals surface area contributed by atoms with Crippen LogP contribution in [0.4, 0.5) is 0 Å². The summed E-state index contributed by atoms with van der Waals surface area (Å²) in [6.45, 7) is 3.79. The molecule has 1 aliphatic carbocycles. The molecule has 1 saturated carbocycles. The summed E-state index contributed by atoms with van der Waals surface area (Å²) in [5, 5.41) is 19.7. The Labute approximate surface area is 194 Å². The number of aliphatic carboxylic acids is 1. The lowest BCUT2D eigenvalue weighted by atomic mass is 9.95. The van der Waals surface area contributed by atoms with Crippen molar-refractivity contribution in [2.45, 2.75) is 96.0 Å². The Hall–Kier alpha value is -1.69. The molecule has 1 aromatic carbocycles. The van der Waals surface area contributed by atoms with Crippen molar-refractivity contribution in [3.8, 4) is 0 Å². The summed E-state index contributed by atoms with van der Waals surface area (Å²) in [4.78, 5) is 13.0. The number of unbranched alkanes of at least 4 members (excludes halogenated alkanes) is 5. The molecule has 0 unspecified atom stereocenters. The van der Waals surface area contributed by atoms with Gasteiger partial charge in [-0.1, -0.05) is 75.1 Å². The number of rotatable bonds is 16. The molecule has 180 valence electrons. The molecule has 32 heavy (non-hydrogen) atoms. The Morgan fingerprint density at radius 2 is 1.88 bits per heavy atom. The van der Waals surface area contributed by atoms with Crippen LogP contribution in [0.1, 0.15) is 76.7 Å². The molecule has 1 aliphatic rings. The second-order valence-electron chi connectivity index (χ2n) is 9.18. The molecule has 0 aromatic heterocycles. The van der Waals surface area contributed by atoms with Gasteiger partial charge in [-0.15, -0.1) is 0 Å². The van der Waals surface area contributed by atoms with Crippen LogP contribution in [0.15, 0.2) is 42.5 Å². The summed E-state index contributed by atoms with van der Waals surface area (Å²) < 4.78 is 6.32. The van der Waals surface area contributed by atoms with E-state index in [0.717, 1.165) is 31.4 Å². The van der Waals surface area contributed by atoms with Gasteiger partial charge in [0.25, 0.3) is 0 Å². The van der Waals surface area contributed by atoms with Crippen LogP contribution in [0.2, 0.25) is 0 Å². The van der Waals surface area contributed by atoms with Gasteiger partial charge in [-0.2, -0.15) is 0 Å². The first-order valence-electron chi connectivity index (χ1n) is 12.4. The molecule has 0 radical (unpaired) electrons. The van der Waals surface area contributed by atoms with Gasteiger partial charge >= 0.3 is 5.97 Å². The number of allylic oxidation sites excluding steroid dienone is 2. The minimum absolute atomic E-state index is 0.0152. The van der Waals surface area contributed by atoms with E-state index in [1.54, 1.807) is 0 Å². The Morgan fingerprint density at radius 3 is 2.59 bits per heavy atom. The van der Waals surface area contributed by atoms with E-state index < -0.39 is 5.97 Å². The molecule has 0 amide bonds. The Morgan fingerprint density at radius 1 is 1.12 bits per heavy atom. The van der Waals surface area contributed by atoms with Gasteiger partial charge in [-0.05, 0) is 44.8 Å². The van der Waals surface area contributed by atoms with Gasteiger partial charge in [0, 0.05) is 24.8 Å². The molecule has 0 heterocycles. The van der Waals surface area contributed by atoms with Gasteiger partial charge in [0.1, 0.15) is 0 Å². The summed E-state index contributed by atoms with van der Waals surface area (Å²) in [5.74, 6) is -0.516. The maximum absolute atomic E-state index is 10.9. The quantitative estimate of drug-likeness (QED) is 0.262. The molecule has 1 aromatic rings. The van der Waals surface area contributed by atoms with Crippen molar-refractivity contribution in [2.75, 3.05) is 13.6 Å². The summed E-state index contributed by atoms with van der Waals surface area (Å²) >= 11 is 0. The highest BCUT2D eigenvalue weighted by atomic mass is 16.5. The fourth-order valence-corrected chi connectivity index (χ4v) is 4.79. The molecule has 4 atom stereocenters. The molecule has 2 N–H and O–H groups in total. The minimum atomic E-state index is -0.743. The smallest absolute Gasteiger partial charge is 0.303 e. The fourth-order valence-electron chi connectivity index (χ4n) is 4.79. The van der Waals surface area contributed by atoms with E-state index in [4.69, 9.17) is 9.84 Å². The van der Waals surface area contributed by atoms with Gasteiger partial charge < -0.3 is 19.8 Å². The Bertz CT molecular complexity index is 663. The second kappa shape index (κ2) is 15.2. The third kappa shape index (κ3) is 9.43. The summed E-state index contributed by atoms with van der Waals surface area (Å²) in [6.07, 6.45) is 13.2. The number of hydrogen-bond donors (Lipinski definition) is 2. The normalized spacial score (nSPS) is 23.4. The number of hydrogen-bond acceptors (Lipinski definition) is 4. The highest BCUT2D eigenvalue weighted by molar-refractivity contribution is 5.66. The van der Waals surface area contributed by atoms with Gasteiger partial charge in [0.15, 0.2) is 0 Å². The van der Waals surface area contributed by atoms with Crippen LogP contribution in [-0.4, -0.2) is 52.9 Å². The predicted molar refractivity (Wildman–Crippen MR) is 130 cm³/mol. The number of carboxylic acids is 1. The third-order valence-electron chi connectivity index (χ3n) is 6.55. The molecule has 0 aliphatic heterocycles. The summed E-state index contributed by atoms with van der Waals surface area (Å²) in [6, 6.07) is 10.3. The molecular formula is C27H43NO4. The van der Waals surface area contributed by atoms with Gasteiger partial charge in [-0.25, -0.2) is 0 Å². The van der Waals surface area contributed by atoms with E-state index in [1.165, 1.54) is 25.7 Å². The van der Waals surface area contributed by atoms with Crippen LogP contribution in [-0.2, 0) is 16.1 Å². The first-order valence-corrected chi connectivity index (χ1v) is 12.4. The minimum Gasteiger partial charge on any atom is -0.481 e. The number of carbonyl (C=O) groups is 1. The number of ether oxygens (including phenoxy) is 1. The monoisotopic (exact) mass is 445 g/mol. The van der Waals surface area contributed by atoms with Crippen molar-refractivity contribution in [3.63, 3.8) is 0 Å². The van der Waals surface area contributed by atoms with Crippen molar-refractivity contribution in [1.29, 1.82) is 0 Å². The molecule has 5 nitrogen and oxygen atoms in total. The van der Waals surface area contributed by atoms with E-state index in [2.05, 4.69) is 43.2 Å². The van der Waals surface area contributed by atoms with Gasteiger partial charge in [-0.3, -0.25) is 4.79 Å².